The van der Waals surface area contributed by atoms with Gasteiger partial charge in [-0.2, -0.15) is 0 Å². The minimum absolute atomic E-state index is 1.36. The molecule has 0 unspecified atom stereocenters. The van der Waals surface area contributed by atoms with Gasteiger partial charge in [0.25, 0.3) is 0 Å². The van der Waals surface area contributed by atoms with Gasteiger partial charge in [-0.25, -0.2) is 0 Å². The Hall–Kier alpha value is 0.990. The maximum Gasteiger partial charge on any atom is 0.0375 e. The lowest BCUT2D eigenvalue weighted by Gasteiger charge is -1.99. The molecule has 1 aromatic heterocycles. The van der Waals surface area contributed by atoms with Crippen LogP contribution in [0.1, 0.15) is 0 Å². The average molecular weight is 432 g/mol. The van der Waals surface area contributed by atoms with Crippen LogP contribution in [0.25, 0.3) is 10.1 Å². The Morgan fingerprint density at radius 3 is 2.69 bits per heavy atom. The summed E-state index contributed by atoms with van der Waals surface area (Å²) in [5, 5.41) is 3.64. The molecule has 0 saturated carbocycles. The molecule has 0 bridgehead atoms. The van der Waals surface area contributed by atoms with Crippen molar-refractivity contribution in [2.75, 3.05) is 6.26 Å². The average Bonchev–Trinajstić information content (AvgIpc) is 2.48. The molecule has 0 nitrogen and oxygen atoms in total. The zero-order valence-corrected chi connectivity index (χ0v) is 12.8. The van der Waals surface area contributed by atoms with Gasteiger partial charge < -0.3 is 0 Å². The molecule has 0 fully saturated rings. The molecule has 0 atom stereocenters. The van der Waals surface area contributed by atoms with Gasteiger partial charge in [-0.05, 0) is 63.6 Å². The summed E-state index contributed by atoms with van der Waals surface area (Å²) >= 11 is 8.46. The summed E-state index contributed by atoms with van der Waals surface area (Å²) in [5.41, 5.74) is 0. The molecule has 0 spiro atoms. The van der Waals surface area contributed by atoms with E-state index < -0.39 is 0 Å². The topological polar surface area (TPSA) is 0 Å². The van der Waals surface area contributed by atoms with Crippen LogP contribution < -0.4 is 0 Å². The summed E-state index contributed by atoms with van der Waals surface area (Å²) in [6, 6.07) is 4.53. The Bertz CT molecular complexity index is 448. The minimum Gasteiger partial charge on any atom is -0.143 e. The van der Waals surface area contributed by atoms with E-state index in [0.717, 1.165) is 0 Å². The fourth-order valence-corrected chi connectivity index (χ4v) is 5.57. The lowest BCUT2D eigenvalue weighted by molar-refractivity contribution is 1.50. The number of thiophene rings is 1. The summed E-state index contributed by atoms with van der Waals surface area (Å²) in [5.74, 6) is 0. The maximum absolute atomic E-state index is 2.42. The summed E-state index contributed by atoms with van der Waals surface area (Å²) < 4.78 is 4.14. The van der Waals surface area contributed by atoms with E-state index in [0.29, 0.717) is 0 Å². The van der Waals surface area contributed by atoms with Crippen molar-refractivity contribution in [1.29, 1.82) is 0 Å². The molecule has 13 heavy (non-hydrogen) atoms. The predicted molar refractivity (Wildman–Crippen MR) is 79.0 cm³/mol. The van der Waals surface area contributed by atoms with Crippen LogP contribution in [-0.4, -0.2) is 6.26 Å². The summed E-state index contributed by atoms with van der Waals surface area (Å²) in [6.07, 6.45) is 2.12. The second-order valence-electron chi connectivity index (χ2n) is 2.57. The van der Waals surface area contributed by atoms with Gasteiger partial charge in [-0.3, -0.25) is 0 Å². The third-order valence-electron chi connectivity index (χ3n) is 1.79. The van der Waals surface area contributed by atoms with Crippen LogP contribution in [0.2, 0.25) is 0 Å². The highest BCUT2D eigenvalue weighted by atomic mass is 127. The van der Waals surface area contributed by atoms with E-state index in [-0.39, 0.29) is 0 Å². The molecule has 0 radical (unpaired) electrons. The van der Waals surface area contributed by atoms with Crippen LogP contribution >= 0.6 is 68.3 Å². The van der Waals surface area contributed by atoms with Gasteiger partial charge in [-0.1, -0.05) is 0 Å². The van der Waals surface area contributed by atoms with Crippen molar-refractivity contribution in [3.05, 3.63) is 24.7 Å². The van der Waals surface area contributed by atoms with Crippen molar-refractivity contribution >= 4 is 78.4 Å². The number of rotatable bonds is 1. The third kappa shape index (κ3) is 2.00. The van der Waals surface area contributed by atoms with Gasteiger partial charge in [-0.15, -0.1) is 23.1 Å². The van der Waals surface area contributed by atoms with Crippen LogP contribution in [0.4, 0.5) is 0 Å². The van der Waals surface area contributed by atoms with Crippen LogP contribution in [0.15, 0.2) is 22.4 Å². The molecule has 1 aromatic carbocycles. The number of benzene rings is 1. The van der Waals surface area contributed by atoms with E-state index in [1.165, 1.54) is 22.1 Å². The van der Waals surface area contributed by atoms with Crippen molar-refractivity contribution in [2.45, 2.75) is 4.90 Å². The quantitative estimate of drug-likeness (QED) is 0.460. The van der Waals surface area contributed by atoms with Gasteiger partial charge in [0.15, 0.2) is 0 Å². The second-order valence-corrected chi connectivity index (χ2v) is 6.68. The number of thioether (sulfide) groups is 1. The largest absolute Gasteiger partial charge is 0.143 e. The minimum atomic E-state index is 1.36. The summed E-state index contributed by atoms with van der Waals surface area (Å²) in [6.45, 7) is 0. The molecule has 0 aliphatic carbocycles. The van der Waals surface area contributed by atoms with Gasteiger partial charge in [0.05, 0.1) is 0 Å². The number of fused-ring (bicyclic) bond motifs is 1. The fraction of sp³-hybridized carbons (Fsp3) is 0.111. The Balaban J connectivity index is 2.79. The van der Waals surface area contributed by atoms with E-state index in [1.54, 1.807) is 11.8 Å². The molecule has 68 valence electrons. The number of hydrogen-bond donors (Lipinski definition) is 0. The van der Waals surface area contributed by atoms with Crippen LogP contribution in [0.3, 0.4) is 0 Å². The van der Waals surface area contributed by atoms with Crippen molar-refractivity contribution in [1.82, 2.24) is 0 Å². The van der Waals surface area contributed by atoms with Gasteiger partial charge in [0, 0.05) is 27.5 Å². The molecule has 0 aliphatic rings. The zero-order valence-electron chi connectivity index (χ0n) is 6.80. The second kappa shape index (κ2) is 4.24. The lowest BCUT2D eigenvalue weighted by Crippen LogP contribution is -1.77. The van der Waals surface area contributed by atoms with Crippen molar-refractivity contribution in [2.24, 2.45) is 0 Å². The summed E-state index contributed by atoms with van der Waals surface area (Å²) in [4.78, 5) is 1.36. The Morgan fingerprint density at radius 1 is 1.23 bits per heavy atom. The standard InChI is InChI=1S/C9H6I2S2/c1-12-5-2-6(10)9-7(11)4-13-8(9)3-5/h2-4H,1H3. The van der Waals surface area contributed by atoms with Crippen LogP contribution in [-0.2, 0) is 0 Å². The van der Waals surface area contributed by atoms with E-state index in [4.69, 9.17) is 0 Å². The maximum atomic E-state index is 2.42. The first kappa shape index (κ1) is 10.5. The highest BCUT2D eigenvalue weighted by molar-refractivity contribution is 14.1. The normalized spacial score (nSPS) is 11.0. The monoisotopic (exact) mass is 432 g/mol. The molecule has 0 N–H and O–H groups in total. The van der Waals surface area contributed by atoms with Gasteiger partial charge >= 0.3 is 0 Å². The van der Waals surface area contributed by atoms with Gasteiger partial charge in [0.2, 0.25) is 0 Å². The third-order valence-corrected chi connectivity index (χ3v) is 5.55. The predicted octanol–water partition coefficient (Wildman–Crippen LogP) is 4.83. The van der Waals surface area contributed by atoms with E-state index >= 15 is 0 Å². The Labute approximate surface area is 113 Å². The first-order valence-electron chi connectivity index (χ1n) is 3.62. The zero-order chi connectivity index (χ0) is 9.42. The molecular formula is C9H6I2S2. The molecule has 1 heterocycles. The fourth-order valence-electron chi connectivity index (χ4n) is 1.17. The first-order valence-corrected chi connectivity index (χ1v) is 7.89. The SMILES string of the molecule is CSc1cc(I)c2c(I)csc2c1. The molecular weight excluding hydrogens is 426 g/mol. The molecule has 0 saturated heterocycles. The highest BCUT2D eigenvalue weighted by Crippen LogP contribution is 2.34. The molecule has 4 heteroatoms. The highest BCUT2D eigenvalue weighted by Gasteiger charge is 2.06. The molecule has 0 aliphatic heterocycles. The van der Waals surface area contributed by atoms with Crippen molar-refractivity contribution in [3.8, 4) is 0 Å². The van der Waals surface area contributed by atoms with E-state index in [2.05, 4.69) is 69.0 Å². The van der Waals surface area contributed by atoms with E-state index in [1.807, 2.05) is 11.3 Å². The summed E-state index contributed by atoms with van der Waals surface area (Å²) in [7, 11) is 0. The van der Waals surface area contributed by atoms with E-state index in [9.17, 15) is 0 Å². The van der Waals surface area contributed by atoms with Crippen molar-refractivity contribution < 1.29 is 0 Å². The molecule has 2 aromatic rings. The molecule has 0 amide bonds. The Kier molecular flexibility index (Phi) is 3.43. The van der Waals surface area contributed by atoms with Crippen LogP contribution in [0.5, 0.6) is 0 Å². The molecule has 2 rings (SSSR count). The van der Waals surface area contributed by atoms with Crippen LogP contribution in [0, 0.1) is 7.14 Å². The number of hydrogen-bond acceptors (Lipinski definition) is 2. The van der Waals surface area contributed by atoms with Gasteiger partial charge in [0.1, 0.15) is 0 Å². The van der Waals surface area contributed by atoms with Crippen molar-refractivity contribution in [3.63, 3.8) is 0 Å². The first-order chi connectivity index (χ1) is 6.22. The smallest absolute Gasteiger partial charge is 0.0375 e. The Morgan fingerprint density at radius 2 is 2.00 bits per heavy atom. The lowest BCUT2D eigenvalue weighted by atomic mass is 10.3. The number of halogens is 2.